The second-order valence-corrected chi connectivity index (χ2v) is 19.1. The van der Waals surface area contributed by atoms with E-state index in [2.05, 4.69) is 33.9 Å². The van der Waals surface area contributed by atoms with Crippen LogP contribution < -0.4 is 0 Å². The Hall–Kier alpha value is -0.833. The lowest BCUT2D eigenvalue weighted by Gasteiger charge is -2.36. The first-order chi connectivity index (χ1) is 25.4. The molecule has 0 unspecified atom stereocenters. The van der Waals surface area contributed by atoms with Crippen LogP contribution in [0.15, 0.2) is 0 Å². The topological polar surface area (TPSA) is 146 Å². The monoisotopic (exact) mass is 788 g/mol. The highest BCUT2D eigenvalue weighted by Crippen LogP contribution is 2.36. The van der Waals surface area contributed by atoms with Crippen molar-refractivity contribution in [2.45, 2.75) is 71.7 Å². The van der Waals surface area contributed by atoms with Crippen LogP contribution in [0.2, 0.25) is 18.1 Å². The van der Waals surface area contributed by atoms with Crippen LogP contribution in [-0.4, -0.2) is 185 Å². The summed E-state index contributed by atoms with van der Waals surface area (Å²) in [7, 11) is -1.70. The highest BCUT2D eigenvalue weighted by Gasteiger charge is 2.36. The summed E-state index contributed by atoms with van der Waals surface area (Å²) in [5, 5.41) is 0.212. The third kappa shape index (κ3) is 39.2. The molecule has 0 fully saturated rings. The van der Waals surface area contributed by atoms with Gasteiger partial charge >= 0.3 is 5.97 Å². The van der Waals surface area contributed by atoms with Gasteiger partial charge in [0.1, 0.15) is 5.60 Å². The summed E-state index contributed by atoms with van der Waals surface area (Å²) < 4.78 is 77.1. The second-order valence-electron chi connectivity index (χ2n) is 14.3. The zero-order chi connectivity index (χ0) is 39.4. The predicted octanol–water partition coefficient (Wildman–Crippen LogP) is 3.94. The molecule has 318 valence electrons. The molecule has 0 bridgehead atoms. The average Bonchev–Trinajstić information content (AvgIpc) is 3.08. The fourth-order valence-electron chi connectivity index (χ4n) is 3.64. The standard InChI is InChI=1S/C37H76O15Si/c1-36(2,3)52-35(38)9-10-39-11-12-40-13-14-41-15-16-42-17-18-43-19-20-44-21-22-45-23-24-46-25-26-47-27-28-48-29-30-49-31-32-50-33-34-51-53(7,8)37(4,5)6/h9-34H2,1-8H3. The third-order valence-electron chi connectivity index (χ3n) is 7.46. The second kappa shape index (κ2) is 35.6. The summed E-state index contributed by atoms with van der Waals surface area (Å²) >= 11 is 0. The molecule has 0 heterocycles. The first-order valence-corrected chi connectivity index (χ1v) is 22.0. The van der Waals surface area contributed by atoms with Crippen LogP contribution in [0, 0.1) is 0 Å². The first kappa shape index (κ1) is 52.2. The Labute approximate surface area is 321 Å². The molecule has 0 saturated heterocycles. The molecule has 0 aromatic rings. The molecular formula is C37H76O15Si. The maximum Gasteiger partial charge on any atom is 0.308 e. The van der Waals surface area contributed by atoms with Gasteiger partial charge in [0.05, 0.1) is 172 Å². The molecule has 0 aliphatic rings. The zero-order valence-electron chi connectivity index (χ0n) is 34.5. The Bertz CT molecular complexity index is 793. The molecule has 0 aromatic heterocycles. The van der Waals surface area contributed by atoms with Crippen molar-refractivity contribution < 1.29 is 70.8 Å². The van der Waals surface area contributed by atoms with Crippen molar-refractivity contribution in [3.8, 4) is 0 Å². The van der Waals surface area contributed by atoms with Crippen molar-refractivity contribution in [3.05, 3.63) is 0 Å². The zero-order valence-corrected chi connectivity index (χ0v) is 35.5. The van der Waals surface area contributed by atoms with E-state index in [4.69, 9.17) is 66.0 Å². The summed E-state index contributed by atoms with van der Waals surface area (Å²) in [5.41, 5.74) is -0.475. The van der Waals surface area contributed by atoms with E-state index in [1.165, 1.54) is 0 Å². The molecule has 0 aliphatic heterocycles. The van der Waals surface area contributed by atoms with Crippen LogP contribution in [0.25, 0.3) is 0 Å². The Kier molecular flexibility index (Phi) is 35.0. The fourth-order valence-corrected chi connectivity index (χ4v) is 4.67. The lowest BCUT2D eigenvalue weighted by molar-refractivity contribution is -0.156. The molecule has 53 heavy (non-hydrogen) atoms. The van der Waals surface area contributed by atoms with Gasteiger partial charge in [-0.25, -0.2) is 0 Å². The molecular weight excluding hydrogens is 712 g/mol. The minimum atomic E-state index is -1.70. The lowest BCUT2D eigenvalue weighted by Crippen LogP contribution is -2.41. The largest absolute Gasteiger partial charge is 0.460 e. The van der Waals surface area contributed by atoms with Gasteiger partial charge in [-0.1, -0.05) is 20.8 Å². The number of hydrogen-bond donors (Lipinski definition) is 0. The number of carbonyl (C=O) groups excluding carboxylic acids is 1. The summed E-state index contributed by atoms with van der Waals surface area (Å²) in [6, 6.07) is 0. The minimum absolute atomic E-state index is 0.212. The number of rotatable bonds is 40. The van der Waals surface area contributed by atoms with E-state index in [-0.39, 0.29) is 17.4 Å². The summed E-state index contributed by atoms with van der Waals surface area (Å²) in [5.74, 6) is -0.265. The van der Waals surface area contributed by atoms with Crippen LogP contribution in [0.1, 0.15) is 48.0 Å². The maximum atomic E-state index is 11.6. The highest BCUT2D eigenvalue weighted by molar-refractivity contribution is 6.74. The van der Waals surface area contributed by atoms with Gasteiger partial charge in [-0.15, -0.1) is 0 Å². The molecule has 16 heteroatoms. The van der Waals surface area contributed by atoms with Crippen molar-refractivity contribution in [2.75, 3.05) is 165 Å². The van der Waals surface area contributed by atoms with Crippen molar-refractivity contribution in [3.63, 3.8) is 0 Å². The van der Waals surface area contributed by atoms with E-state index in [9.17, 15) is 4.79 Å². The van der Waals surface area contributed by atoms with E-state index >= 15 is 0 Å². The van der Waals surface area contributed by atoms with E-state index in [0.717, 1.165) is 0 Å². The molecule has 0 atom stereocenters. The smallest absolute Gasteiger partial charge is 0.308 e. The fraction of sp³-hybridized carbons (Fsp3) is 0.973. The van der Waals surface area contributed by atoms with Crippen molar-refractivity contribution >= 4 is 14.3 Å². The van der Waals surface area contributed by atoms with Crippen LogP contribution in [0.4, 0.5) is 0 Å². The molecule has 15 nitrogen and oxygen atoms in total. The predicted molar refractivity (Wildman–Crippen MR) is 203 cm³/mol. The van der Waals surface area contributed by atoms with E-state index < -0.39 is 13.9 Å². The summed E-state index contributed by atoms with van der Waals surface area (Å²) in [4.78, 5) is 11.6. The van der Waals surface area contributed by atoms with Crippen LogP contribution >= 0.6 is 0 Å². The number of hydrogen-bond acceptors (Lipinski definition) is 15. The van der Waals surface area contributed by atoms with Crippen LogP contribution in [0.3, 0.4) is 0 Å². The average molecular weight is 789 g/mol. The minimum Gasteiger partial charge on any atom is -0.460 e. The van der Waals surface area contributed by atoms with Crippen molar-refractivity contribution in [2.24, 2.45) is 0 Å². The van der Waals surface area contributed by atoms with Gasteiger partial charge in [0.15, 0.2) is 8.32 Å². The molecule has 0 aromatic carbocycles. The van der Waals surface area contributed by atoms with E-state index in [1.807, 2.05) is 20.8 Å². The van der Waals surface area contributed by atoms with Gasteiger partial charge in [-0.2, -0.15) is 0 Å². The first-order valence-electron chi connectivity index (χ1n) is 19.1. The molecule has 0 saturated carbocycles. The molecule has 0 N–H and O–H groups in total. The Morgan fingerprint density at radius 3 is 0.774 bits per heavy atom. The molecule has 0 aliphatic carbocycles. The Balaban J connectivity index is 3.15. The lowest BCUT2D eigenvalue weighted by atomic mass is 10.2. The van der Waals surface area contributed by atoms with Crippen molar-refractivity contribution in [1.82, 2.24) is 0 Å². The van der Waals surface area contributed by atoms with Crippen molar-refractivity contribution in [1.29, 1.82) is 0 Å². The van der Waals surface area contributed by atoms with Crippen LogP contribution in [-0.2, 0) is 70.8 Å². The normalized spacial score (nSPS) is 12.5. The van der Waals surface area contributed by atoms with Crippen LogP contribution in [0.5, 0.6) is 0 Å². The number of carbonyl (C=O) groups is 1. The maximum absolute atomic E-state index is 11.6. The summed E-state index contributed by atoms with van der Waals surface area (Å²) in [6.07, 6.45) is 0.231. The van der Waals surface area contributed by atoms with E-state index in [1.54, 1.807) is 0 Å². The van der Waals surface area contributed by atoms with Gasteiger partial charge < -0.3 is 66.0 Å². The molecule has 0 amide bonds. The molecule has 0 rings (SSSR count). The van der Waals surface area contributed by atoms with Gasteiger partial charge in [-0.3, -0.25) is 4.79 Å². The number of esters is 1. The van der Waals surface area contributed by atoms with Gasteiger partial charge in [-0.05, 0) is 38.9 Å². The summed E-state index contributed by atoms with van der Waals surface area (Å²) in [6.45, 7) is 29.2. The highest BCUT2D eigenvalue weighted by atomic mass is 28.4. The molecule has 0 spiro atoms. The number of ether oxygens (including phenoxy) is 13. The van der Waals surface area contributed by atoms with Gasteiger partial charge in [0, 0.05) is 0 Å². The van der Waals surface area contributed by atoms with E-state index in [0.29, 0.717) is 165 Å². The van der Waals surface area contributed by atoms with Gasteiger partial charge in [0.2, 0.25) is 0 Å². The van der Waals surface area contributed by atoms with Gasteiger partial charge in [0.25, 0.3) is 0 Å². The molecule has 0 radical (unpaired) electrons. The quantitative estimate of drug-likeness (QED) is 0.0502. The SMILES string of the molecule is CC(C)(C)OC(=O)CCOCCOCCOCCOCCOCCOCCOCCOCCOCCOCCOCCOCCO[Si](C)(C)C(C)(C)C. The third-order valence-corrected chi connectivity index (χ3v) is 12.0. The Morgan fingerprint density at radius 1 is 0.358 bits per heavy atom. The Morgan fingerprint density at radius 2 is 0.566 bits per heavy atom.